The summed E-state index contributed by atoms with van der Waals surface area (Å²) in [6.45, 7) is 8.92. The normalized spacial score (nSPS) is 18.2. The van der Waals surface area contributed by atoms with Crippen molar-refractivity contribution in [3.05, 3.63) is 58.9 Å². The van der Waals surface area contributed by atoms with E-state index < -0.39 is 11.7 Å². The molecule has 9 heteroatoms. The number of alkyl halides is 3. The van der Waals surface area contributed by atoms with Gasteiger partial charge in [-0.1, -0.05) is 17.7 Å². The van der Waals surface area contributed by atoms with Gasteiger partial charge in [0.2, 0.25) is 0 Å². The number of nitrogens with one attached hydrogen (secondary N) is 2. The van der Waals surface area contributed by atoms with Crippen LogP contribution in [0.2, 0.25) is 5.02 Å². The number of nitrogens with zero attached hydrogens (tertiary/aromatic N) is 2. The van der Waals surface area contributed by atoms with Crippen LogP contribution < -0.4 is 10.6 Å². The molecule has 174 valence electrons. The van der Waals surface area contributed by atoms with E-state index in [4.69, 9.17) is 23.8 Å². The molecular formula is C23H28ClF3N4S. The van der Waals surface area contributed by atoms with Crippen LogP contribution >= 0.6 is 23.8 Å². The molecule has 2 heterocycles. The lowest BCUT2D eigenvalue weighted by atomic mass is 9.79. The molecule has 1 aromatic carbocycles. The second-order valence-electron chi connectivity index (χ2n) is 9.56. The van der Waals surface area contributed by atoms with Gasteiger partial charge in [-0.3, -0.25) is 4.98 Å². The van der Waals surface area contributed by atoms with Crippen LogP contribution in [0.15, 0.2) is 42.7 Å². The number of aromatic nitrogens is 1. The molecular weight excluding hydrogens is 457 g/mol. The molecule has 1 saturated heterocycles. The van der Waals surface area contributed by atoms with Gasteiger partial charge in [0.15, 0.2) is 5.11 Å². The Bertz CT molecular complexity index is 947. The first kappa shape index (κ1) is 24.7. The molecule has 1 aliphatic heterocycles. The fourth-order valence-corrected chi connectivity index (χ4v) is 5.09. The summed E-state index contributed by atoms with van der Waals surface area (Å²) >= 11 is 11.7. The third kappa shape index (κ3) is 6.33. The molecule has 32 heavy (non-hydrogen) atoms. The fourth-order valence-electron chi connectivity index (χ4n) is 4.60. The van der Waals surface area contributed by atoms with E-state index in [2.05, 4.69) is 43.3 Å². The Hall–Kier alpha value is -1.90. The van der Waals surface area contributed by atoms with E-state index in [1.54, 1.807) is 12.4 Å². The number of benzene rings is 1. The van der Waals surface area contributed by atoms with E-state index in [0.29, 0.717) is 6.54 Å². The zero-order valence-electron chi connectivity index (χ0n) is 18.6. The van der Waals surface area contributed by atoms with Gasteiger partial charge in [0, 0.05) is 41.1 Å². The molecule has 0 saturated carbocycles. The summed E-state index contributed by atoms with van der Waals surface area (Å²) in [7, 11) is 0. The summed E-state index contributed by atoms with van der Waals surface area (Å²) in [6, 6.07) is 7.23. The van der Waals surface area contributed by atoms with Crippen LogP contribution in [-0.4, -0.2) is 32.1 Å². The Morgan fingerprint density at radius 1 is 1.22 bits per heavy atom. The van der Waals surface area contributed by atoms with Crippen molar-refractivity contribution in [2.75, 3.05) is 5.32 Å². The number of thiocarbonyl (C=S) groups is 1. The monoisotopic (exact) mass is 484 g/mol. The highest BCUT2D eigenvalue weighted by Gasteiger charge is 2.41. The Morgan fingerprint density at radius 3 is 2.44 bits per heavy atom. The number of anilines is 1. The number of piperidine rings is 1. The average molecular weight is 485 g/mol. The van der Waals surface area contributed by atoms with Crippen molar-refractivity contribution in [2.45, 2.75) is 70.4 Å². The second-order valence-corrected chi connectivity index (χ2v) is 10.4. The van der Waals surface area contributed by atoms with Crippen LogP contribution in [0, 0.1) is 0 Å². The topological polar surface area (TPSA) is 40.2 Å². The SMILES string of the molecule is CC1(C)CC(N(Cc2cccnc2)C(=S)Nc2cc(Cl)ccc2C(F)(F)F)CC(C)(C)N1. The van der Waals surface area contributed by atoms with Crippen molar-refractivity contribution in [3.63, 3.8) is 0 Å². The average Bonchev–Trinajstić information content (AvgIpc) is 2.63. The van der Waals surface area contributed by atoms with Gasteiger partial charge in [0.25, 0.3) is 0 Å². The summed E-state index contributed by atoms with van der Waals surface area (Å²) in [5, 5.41) is 6.90. The molecule has 0 unspecified atom stereocenters. The van der Waals surface area contributed by atoms with Gasteiger partial charge in [-0.25, -0.2) is 0 Å². The van der Waals surface area contributed by atoms with Crippen LogP contribution in [-0.2, 0) is 12.7 Å². The summed E-state index contributed by atoms with van der Waals surface area (Å²) in [5.41, 5.74) is -0.367. The number of hydrogen-bond acceptors (Lipinski definition) is 3. The molecule has 1 fully saturated rings. The van der Waals surface area contributed by atoms with Crippen molar-refractivity contribution in [2.24, 2.45) is 0 Å². The highest BCUT2D eigenvalue weighted by Crippen LogP contribution is 2.37. The zero-order chi connectivity index (χ0) is 23.7. The molecule has 4 nitrogen and oxygen atoms in total. The third-order valence-electron chi connectivity index (χ3n) is 5.47. The minimum absolute atomic E-state index is 0.00924. The quantitative estimate of drug-likeness (QED) is 0.501. The largest absolute Gasteiger partial charge is 0.418 e. The molecule has 2 aromatic rings. The predicted molar refractivity (Wildman–Crippen MR) is 127 cm³/mol. The first-order chi connectivity index (χ1) is 14.8. The number of hydrogen-bond donors (Lipinski definition) is 2. The maximum absolute atomic E-state index is 13.6. The lowest BCUT2D eigenvalue weighted by Crippen LogP contribution is -2.63. The minimum atomic E-state index is -4.53. The summed E-state index contributed by atoms with van der Waals surface area (Å²) in [5.74, 6) is 0. The molecule has 0 atom stereocenters. The summed E-state index contributed by atoms with van der Waals surface area (Å²) in [6.07, 6.45) is 0.450. The van der Waals surface area contributed by atoms with E-state index in [1.165, 1.54) is 12.1 Å². The first-order valence-corrected chi connectivity index (χ1v) is 11.2. The molecule has 0 bridgehead atoms. The van der Waals surface area contributed by atoms with Gasteiger partial charge in [-0.2, -0.15) is 13.2 Å². The lowest BCUT2D eigenvalue weighted by Gasteiger charge is -2.50. The van der Waals surface area contributed by atoms with E-state index in [1.807, 2.05) is 17.0 Å². The maximum Gasteiger partial charge on any atom is 0.418 e. The highest BCUT2D eigenvalue weighted by atomic mass is 35.5. The molecule has 0 amide bonds. The van der Waals surface area contributed by atoms with E-state index in [0.717, 1.165) is 24.5 Å². The zero-order valence-corrected chi connectivity index (χ0v) is 20.1. The smallest absolute Gasteiger partial charge is 0.342 e. The van der Waals surface area contributed by atoms with Crippen LogP contribution in [0.4, 0.5) is 18.9 Å². The van der Waals surface area contributed by atoms with Gasteiger partial charge in [0.05, 0.1) is 11.3 Å². The van der Waals surface area contributed by atoms with Crippen molar-refractivity contribution in [1.82, 2.24) is 15.2 Å². The molecule has 0 aliphatic carbocycles. The van der Waals surface area contributed by atoms with E-state index in [-0.39, 0.29) is 32.9 Å². The van der Waals surface area contributed by atoms with E-state index >= 15 is 0 Å². The van der Waals surface area contributed by atoms with Crippen molar-refractivity contribution < 1.29 is 13.2 Å². The minimum Gasteiger partial charge on any atom is -0.342 e. The lowest BCUT2D eigenvalue weighted by molar-refractivity contribution is -0.136. The number of rotatable bonds is 4. The maximum atomic E-state index is 13.6. The van der Waals surface area contributed by atoms with Gasteiger partial charge >= 0.3 is 6.18 Å². The van der Waals surface area contributed by atoms with Gasteiger partial charge in [0.1, 0.15) is 0 Å². The van der Waals surface area contributed by atoms with Crippen molar-refractivity contribution in [3.8, 4) is 0 Å². The Kier molecular flexibility index (Phi) is 7.08. The van der Waals surface area contributed by atoms with E-state index in [9.17, 15) is 13.2 Å². The molecule has 1 aliphatic rings. The first-order valence-electron chi connectivity index (χ1n) is 10.4. The predicted octanol–water partition coefficient (Wildman–Crippen LogP) is 6.26. The van der Waals surface area contributed by atoms with Crippen LogP contribution in [0.5, 0.6) is 0 Å². The van der Waals surface area contributed by atoms with Crippen molar-refractivity contribution >= 4 is 34.6 Å². The summed E-state index contributed by atoms with van der Waals surface area (Å²) in [4.78, 5) is 6.14. The Morgan fingerprint density at radius 2 is 1.88 bits per heavy atom. The van der Waals surface area contributed by atoms with Gasteiger partial charge in [-0.05, 0) is 82.6 Å². The Labute approximate surface area is 197 Å². The van der Waals surface area contributed by atoms with Crippen LogP contribution in [0.25, 0.3) is 0 Å². The van der Waals surface area contributed by atoms with Gasteiger partial charge in [-0.15, -0.1) is 0 Å². The van der Waals surface area contributed by atoms with Gasteiger partial charge < -0.3 is 15.5 Å². The van der Waals surface area contributed by atoms with Crippen molar-refractivity contribution in [1.29, 1.82) is 0 Å². The standard InChI is InChI=1S/C23H28ClF3N4S/c1-21(2)11-17(12-22(3,4)30-21)31(14-15-6-5-9-28-13-15)20(32)29-19-10-16(24)7-8-18(19)23(25,26)27/h5-10,13,17,30H,11-12,14H2,1-4H3,(H,29,32). The van der Waals surface area contributed by atoms with Crippen LogP contribution in [0.3, 0.4) is 0 Å². The molecule has 0 radical (unpaired) electrons. The molecule has 2 N–H and O–H groups in total. The highest BCUT2D eigenvalue weighted by molar-refractivity contribution is 7.80. The summed E-state index contributed by atoms with van der Waals surface area (Å²) < 4.78 is 40.7. The fraction of sp³-hybridized carbons (Fsp3) is 0.478. The third-order valence-corrected chi connectivity index (χ3v) is 6.05. The Balaban J connectivity index is 1.95. The molecule has 3 rings (SSSR count). The number of halogens is 4. The second kappa shape index (κ2) is 9.15. The number of pyridine rings is 1. The molecule has 0 spiro atoms. The molecule has 1 aromatic heterocycles. The van der Waals surface area contributed by atoms with Crippen LogP contribution in [0.1, 0.15) is 51.7 Å².